The number of ether oxygens (including phenoxy) is 4. The van der Waals surface area contributed by atoms with Gasteiger partial charge < -0.3 is 18.9 Å². The van der Waals surface area contributed by atoms with Crippen LogP contribution in [0.2, 0.25) is 0 Å². The lowest BCUT2D eigenvalue weighted by atomic mass is 10.2. The third kappa shape index (κ3) is 5.44. The lowest BCUT2D eigenvalue weighted by molar-refractivity contribution is -0.387. The largest absolute Gasteiger partial charge is 0.497 e. The number of nitro benzene ring substituents is 1. The average Bonchev–Trinajstić information content (AvgIpc) is 3.39. The number of amides is 1. The molecule has 1 amide bonds. The molecular formula is C24H22N4O9S. The quantitative estimate of drug-likeness (QED) is 0.231. The lowest BCUT2D eigenvalue weighted by Gasteiger charge is -2.25. The van der Waals surface area contributed by atoms with E-state index in [1.807, 2.05) is 0 Å². The van der Waals surface area contributed by atoms with E-state index in [9.17, 15) is 23.3 Å². The van der Waals surface area contributed by atoms with Gasteiger partial charge in [-0.25, -0.2) is 13.8 Å². The predicted octanol–water partition coefficient (Wildman–Crippen LogP) is 2.69. The van der Waals surface area contributed by atoms with Gasteiger partial charge in [0.1, 0.15) is 18.0 Å². The molecule has 14 heteroatoms. The first kappa shape index (κ1) is 26.2. The molecule has 4 rings (SSSR count). The fourth-order valence-electron chi connectivity index (χ4n) is 3.57. The molecule has 0 saturated heterocycles. The second-order valence-corrected chi connectivity index (χ2v) is 9.51. The maximum absolute atomic E-state index is 13.7. The highest BCUT2D eigenvalue weighted by atomic mass is 32.2. The molecule has 3 aromatic carbocycles. The van der Waals surface area contributed by atoms with Crippen LogP contribution in [-0.2, 0) is 14.8 Å². The van der Waals surface area contributed by atoms with E-state index < -0.39 is 38.0 Å². The number of hydrogen-bond acceptors (Lipinski definition) is 10. The van der Waals surface area contributed by atoms with Crippen molar-refractivity contribution < 1.29 is 37.1 Å². The van der Waals surface area contributed by atoms with Crippen molar-refractivity contribution in [2.75, 3.05) is 31.9 Å². The second-order valence-electron chi connectivity index (χ2n) is 7.68. The first-order chi connectivity index (χ1) is 18.2. The molecule has 38 heavy (non-hydrogen) atoms. The Hall–Kier alpha value is -4.85. The SMILES string of the molecule is COc1ccc(N(CC(=O)NN=Cc2ccc3c(c2)OCO3)S(=O)(=O)c2ccccc2[N+](=O)[O-])c(OC)c1. The number of benzene rings is 3. The molecule has 0 atom stereocenters. The summed E-state index contributed by atoms with van der Waals surface area (Å²) in [6.45, 7) is -0.666. The van der Waals surface area contributed by atoms with Gasteiger partial charge in [-0.2, -0.15) is 5.10 Å². The predicted molar refractivity (Wildman–Crippen MR) is 135 cm³/mol. The van der Waals surface area contributed by atoms with Crippen LogP contribution in [0.5, 0.6) is 23.0 Å². The van der Waals surface area contributed by atoms with Crippen molar-refractivity contribution in [3.63, 3.8) is 0 Å². The molecule has 0 fully saturated rings. The summed E-state index contributed by atoms with van der Waals surface area (Å²) in [7, 11) is -1.91. The van der Waals surface area contributed by atoms with Crippen molar-refractivity contribution in [1.29, 1.82) is 0 Å². The van der Waals surface area contributed by atoms with Gasteiger partial charge >= 0.3 is 0 Å². The third-order valence-electron chi connectivity index (χ3n) is 5.37. The number of para-hydroxylation sites is 1. The number of carbonyl (C=O) groups excluding carboxylic acids is 1. The maximum Gasteiger partial charge on any atom is 0.289 e. The molecule has 13 nitrogen and oxygen atoms in total. The van der Waals surface area contributed by atoms with E-state index in [4.69, 9.17) is 18.9 Å². The van der Waals surface area contributed by atoms with Gasteiger partial charge in [0.05, 0.1) is 31.0 Å². The van der Waals surface area contributed by atoms with E-state index >= 15 is 0 Å². The van der Waals surface area contributed by atoms with Crippen LogP contribution in [0.3, 0.4) is 0 Å². The molecule has 0 aromatic heterocycles. The zero-order valence-corrected chi connectivity index (χ0v) is 21.0. The van der Waals surface area contributed by atoms with Gasteiger partial charge in [-0.15, -0.1) is 0 Å². The number of nitro groups is 1. The van der Waals surface area contributed by atoms with Gasteiger partial charge in [-0.1, -0.05) is 12.1 Å². The molecular weight excluding hydrogens is 520 g/mol. The molecule has 0 radical (unpaired) electrons. The van der Waals surface area contributed by atoms with Crippen LogP contribution in [0.15, 0.2) is 70.7 Å². The second kappa shape index (κ2) is 11.0. The molecule has 1 heterocycles. The number of carbonyl (C=O) groups is 1. The monoisotopic (exact) mass is 542 g/mol. The lowest BCUT2D eigenvalue weighted by Crippen LogP contribution is -2.40. The Morgan fingerprint density at radius 2 is 1.87 bits per heavy atom. The van der Waals surface area contributed by atoms with E-state index in [2.05, 4.69) is 10.5 Å². The van der Waals surface area contributed by atoms with Crippen LogP contribution < -0.4 is 28.7 Å². The van der Waals surface area contributed by atoms with E-state index in [0.29, 0.717) is 27.1 Å². The molecule has 1 aliphatic rings. The van der Waals surface area contributed by atoms with Crippen molar-refractivity contribution in [2.24, 2.45) is 5.10 Å². The third-order valence-corrected chi connectivity index (χ3v) is 7.18. The van der Waals surface area contributed by atoms with Crippen LogP contribution in [0.1, 0.15) is 5.56 Å². The van der Waals surface area contributed by atoms with E-state index in [-0.39, 0.29) is 18.2 Å². The Bertz CT molecular complexity index is 1510. The summed E-state index contributed by atoms with van der Waals surface area (Å²) in [5.41, 5.74) is 2.18. The van der Waals surface area contributed by atoms with Crippen LogP contribution in [0.4, 0.5) is 11.4 Å². The fourth-order valence-corrected chi connectivity index (χ4v) is 5.17. The summed E-state index contributed by atoms with van der Waals surface area (Å²) in [6, 6.07) is 14.1. The smallest absolute Gasteiger partial charge is 0.289 e. The molecule has 1 N–H and O–H groups in total. The van der Waals surface area contributed by atoms with Crippen LogP contribution in [-0.4, -0.2) is 53.0 Å². The van der Waals surface area contributed by atoms with Gasteiger partial charge in [0.2, 0.25) is 6.79 Å². The molecule has 0 saturated carbocycles. The fraction of sp³-hybridized carbons (Fsp3) is 0.167. The maximum atomic E-state index is 13.7. The number of methoxy groups -OCH3 is 2. The number of fused-ring (bicyclic) bond motifs is 1. The molecule has 198 valence electrons. The van der Waals surface area contributed by atoms with Crippen molar-refractivity contribution in [3.8, 4) is 23.0 Å². The zero-order valence-electron chi connectivity index (χ0n) is 20.2. The van der Waals surface area contributed by atoms with E-state index in [1.165, 1.54) is 50.8 Å². The Labute approximate surface area is 217 Å². The molecule has 0 aliphatic carbocycles. The first-order valence-electron chi connectivity index (χ1n) is 10.9. The van der Waals surface area contributed by atoms with Crippen LogP contribution in [0.25, 0.3) is 0 Å². The topological polar surface area (TPSA) is 159 Å². The number of rotatable bonds is 10. The van der Waals surface area contributed by atoms with Gasteiger partial charge in [0.15, 0.2) is 16.4 Å². The summed E-state index contributed by atoms with van der Waals surface area (Å²) in [6.07, 6.45) is 1.34. The highest BCUT2D eigenvalue weighted by molar-refractivity contribution is 7.93. The van der Waals surface area contributed by atoms with Gasteiger partial charge in [-0.05, 0) is 42.0 Å². The molecule has 0 unspecified atom stereocenters. The summed E-state index contributed by atoms with van der Waals surface area (Å²) >= 11 is 0. The normalized spacial score (nSPS) is 12.3. The van der Waals surface area contributed by atoms with Crippen LogP contribution >= 0.6 is 0 Å². The molecule has 3 aromatic rings. The summed E-state index contributed by atoms with van der Waals surface area (Å²) in [5.74, 6) is 0.709. The average molecular weight is 543 g/mol. The Kier molecular flexibility index (Phi) is 7.62. The minimum Gasteiger partial charge on any atom is -0.497 e. The number of hydrogen-bond donors (Lipinski definition) is 1. The minimum absolute atomic E-state index is 0.0404. The van der Waals surface area contributed by atoms with Crippen molar-refractivity contribution in [3.05, 3.63) is 76.3 Å². The Balaban J connectivity index is 1.66. The summed E-state index contributed by atoms with van der Waals surface area (Å²) < 4.78 is 49.2. The first-order valence-corrected chi connectivity index (χ1v) is 12.4. The zero-order chi connectivity index (χ0) is 27.3. The minimum atomic E-state index is -4.63. The summed E-state index contributed by atoms with van der Waals surface area (Å²) in [4.78, 5) is 23.0. The Morgan fingerprint density at radius 1 is 1.11 bits per heavy atom. The molecule has 1 aliphatic heterocycles. The number of sulfonamides is 1. The van der Waals surface area contributed by atoms with Crippen molar-refractivity contribution in [1.82, 2.24) is 5.43 Å². The van der Waals surface area contributed by atoms with Gasteiger partial charge in [0, 0.05) is 12.1 Å². The highest BCUT2D eigenvalue weighted by Gasteiger charge is 2.34. The number of nitrogens with zero attached hydrogens (tertiary/aromatic N) is 3. The number of anilines is 1. The number of nitrogens with one attached hydrogen (secondary N) is 1. The van der Waals surface area contributed by atoms with Crippen molar-refractivity contribution >= 4 is 33.5 Å². The molecule has 0 bridgehead atoms. The van der Waals surface area contributed by atoms with E-state index in [0.717, 1.165) is 12.1 Å². The Morgan fingerprint density at radius 3 is 2.61 bits per heavy atom. The van der Waals surface area contributed by atoms with Crippen LogP contribution in [0, 0.1) is 10.1 Å². The van der Waals surface area contributed by atoms with Crippen molar-refractivity contribution in [2.45, 2.75) is 4.90 Å². The van der Waals surface area contributed by atoms with Gasteiger partial charge in [-0.3, -0.25) is 19.2 Å². The standard InChI is InChI=1S/C24H22N4O9S/c1-34-17-8-9-18(21(12-17)35-2)27(38(32,33)23-6-4-3-5-19(23)28(30)31)14-24(29)26-25-13-16-7-10-20-22(11-16)37-15-36-20/h3-13H,14-15H2,1-2H3,(H,26,29). The number of hydrazone groups is 1. The summed E-state index contributed by atoms with van der Waals surface area (Å²) in [5, 5.41) is 15.5. The molecule has 0 spiro atoms. The van der Waals surface area contributed by atoms with Gasteiger partial charge in [0.25, 0.3) is 21.6 Å². The van der Waals surface area contributed by atoms with E-state index in [1.54, 1.807) is 18.2 Å². The highest BCUT2D eigenvalue weighted by Crippen LogP contribution is 2.37.